The van der Waals surface area contributed by atoms with Crippen molar-refractivity contribution in [1.29, 1.82) is 0 Å². The molecule has 2 heterocycles. The first-order valence-electron chi connectivity index (χ1n) is 6.50. The lowest BCUT2D eigenvalue weighted by molar-refractivity contribution is 0.0691. The van der Waals surface area contributed by atoms with Crippen LogP contribution in [-0.2, 0) is 6.42 Å². The van der Waals surface area contributed by atoms with Crippen LogP contribution in [0.4, 0.5) is 0 Å². The van der Waals surface area contributed by atoms with Crippen LogP contribution in [0.25, 0.3) is 0 Å². The van der Waals surface area contributed by atoms with Crippen molar-refractivity contribution in [2.45, 2.75) is 45.1 Å². The molecular formula is C12H18N4O. The number of carbonyl (C=O) groups is 1. The fraction of sp³-hybridized carbons (Fsp3) is 0.750. The molecule has 0 aromatic carbocycles. The number of H-pyrrole nitrogens is 1. The topological polar surface area (TPSA) is 61.9 Å². The number of hydrogen-bond donors (Lipinski definition) is 1. The predicted octanol–water partition coefficient (Wildman–Crippen LogP) is 1.38. The van der Waals surface area contributed by atoms with Gasteiger partial charge in [-0.15, -0.1) is 5.10 Å². The molecule has 3 rings (SSSR count). The van der Waals surface area contributed by atoms with Crippen LogP contribution < -0.4 is 0 Å². The van der Waals surface area contributed by atoms with Gasteiger partial charge in [-0.2, -0.15) is 0 Å². The van der Waals surface area contributed by atoms with E-state index in [2.05, 4.69) is 22.1 Å². The number of aromatic amines is 1. The molecule has 17 heavy (non-hydrogen) atoms. The predicted molar refractivity (Wildman–Crippen MR) is 62.5 cm³/mol. The molecule has 1 N–H and O–H groups in total. The van der Waals surface area contributed by atoms with E-state index in [1.54, 1.807) is 0 Å². The van der Waals surface area contributed by atoms with Gasteiger partial charge in [0.05, 0.1) is 0 Å². The van der Waals surface area contributed by atoms with Crippen LogP contribution in [0.15, 0.2) is 0 Å². The molecule has 92 valence electrons. The zero-order chi connectivity index (χ0) is 11.8. The second-order valence-electron chi connectivity index (χ2n) is 5.15. The maximum absolute atomic E-state index is 12.2. The molecule has 1 aliphatic carbocycles. The molecule has 5 heteroatoms. The van der Waals surface area contributed by atoms with Gasteiger partial charge in [-0.05, 0) is 31.6 Å². The summed E-state index contributed by atoms with van der Waals surface area (Å²) in [6.07, 6.45) is 5.48. The number of hydrogen-bond acceptors (Lipinski definition) is 3. The number of carbonyl (C=O) groups excluding carboxylic acids is 1. The van der Waals surface area contributed by atoms with E-state index < -0.39 is 0 Å². The summed E-state index contributed by atoms with van der Waals surface area (Å²) < 4.78 is 0. The highest BCUT2D eigenvalue weighted by Crippen LogP contribution is 2.37. The van der Waals surface area contributed by atoms with E-state index in [1.807, 2.05) is 4.90 Å². The Morgan fingerprint density at radius 3 is 3.06 bits per heavy atom. The Morgan fingerprint density at radius 1 is 1.53 bits per heavy atom. The van der Waals surface area contributed by atoms with Gasteiger partial charge in [0.25, 0.3) is 5.91 Å². The minimum atomic E-state index is 0.0100. The monoisotopic (exact) mass is 234 g/mol. The number of rotatable bonds is 3. The van der Waals surface area contributed by atoms with Crippen LogP contribution in [0.1, 0.15) is 49.1 Å². The van der Waals surface area contributed by atoms with E-state index in [-0.39, 0.29) is 5.91 Å². The van der Waals surface area contributed by atoms with E-state index in [1.165, 1.54) is 12.8 Å². The van der Waals surface area contributed by atoms with Crippen molar-refractivity contribution in [3.63, 3.8) is 0 Å². The number of aryl methyl sites for hydroxylation is 1. The molecule has 2 fully saturated rings. The summed E-state index contributed by atoms with van der Waals surface area (Å²) in [4.78, 5) is 18.5. The van der Waals surface area contributed by atoms with Gasteiger partial charge in [0, 0.05) is 19.0 Å². The highest BCUT2D eigenvalue weighted by Gasteiger charge is 2.41. The van der Waals surface area contributed by atoms with Gasteiger partial charge in [0.15, 0.2) is 0 Å². The van der Waals surface area contributed by atoms with Crippen molar-refractivity contribution in [2.75, 3.05) is 6.54 Å². The Morgan fingerprint density at radius 2 is 2.41 bits per heavy atom. The summed E-state index contributed by atoms with van der Waals surface area (Å²) in [5, 5.41) is 6.88. The maximum Gasteiger partial charge on any atom is 0.293 e. The SMILES string of the molecule is CCCc1nc(C(=O)N2CC3CCC2C3)n[nH]1. The Balaban J connectivity index is 1.73. The lowest BCUT2D eigenvalue weighted by Crippen LogP contribution is -2.38. The molecule has 0 radical (unpaired) electrons. The number of nitrogens with one attached hydrogen (secondary N) is 1. The summed E-state index contributed by atoms with van der Waals surface area (Å²) in [6, 6.07) is 0.445. The van der Waals surface area contributed by atoms with Crippen LogP contribution in [0.3, 0.4) is 0 Å². The number of fused-ring (bicyclic) bond motifs is 2. The lowest BCUT2D eigenvalue weighted by Gasteiger charge is -2.25. The molecule has 5 nitrogen and oxygen atoms in total. The Hall–Kier alpha value is -1.39. The van der Waals surface area contributed by atoms with Gasteiger partial charge in [-0.1, -0.05) is 6.92 Å². The second-order valence-corrected chi connectivity index (χ2v) is 5.15. The lowest BCUT2D eigenvalue weighted by atomic mass is 10.1. The minimum Gasteiger partial charge on any atom is -0.333 e. The third kappa shape index (κ3) is 1.83. The van der Waals surface area contributed by atoms with Crippen LogP contribution in [-0.4, -0.2) is 38.6 Å². The highest BCUT2D eigenvalue weighted by molar-refractivity contribution is 5.91. The van der Waals surface area contributed by atoms with Crippen LogP contribution in [0, 0.1) is 5.92 Å². The number of nitrogens with zero attached hydrogens (tertiary/aromatic N) is 3. The van der Waals surface area contributed by atoms with Crippen molar-refractivity contribution in [3.8, 4) is 0 Å². The third-order valence-corrected chi connectivity index (χ3v) is 3.88. The molecule has 1 amide bonds. The number of amides is 1. The average Bonchev–Trinajstić information content (AvgIpc) is 3.03. The van der Waals surface area contributed by atoms with E-state index in [4.69, 9.17) is 0 Å². The fourth-order valence-corrected chi connectivity index (χ4v) is 3.04. The second kappa shape index (κ2) is 4.13. The summed E-state index contributed by atoms with van der Waals surface area (Å²) in [5.74, 6) is 1.90. The number of piperidine rings is 1. The molecule has 0 spiro atoms. The van der Waals surface area contributed by atoms with Crippen molar-refractivity contribution < 1.29 is 4.79 Å². The summed E-state index contributed by atoms with van der Waals surface area (Å²) in [7, 11) is 0. The molecule has 2 bridgehead atoms. The van der Waals surface area contributed by atoms with Crippen molar-refractivity contribution in [2.24, 2.45) is 5.92 Å². The van der Waals surface area contributed by atoms with Gasteiger partial charge < -0.3 is 4.90 Å². The fourth-order valence-electron chi connectivity index (χ4n) is 3.04. The van der Waals surface area contributed by atoms with Gasteiger partial charge in [-0.3, -0.25) is 9.89 Å². The van der Waals surface area contributed by atoms with Gasteiger partial charge in [-0.25, -0.2) is 4.98 Å². The highest BCUT2D eigenvalue weighted by atomic mass is 16.2. The summed E-state index contributed by atoms with van der Waals surface area (Å²) in [5.41, 5.74) is 0. The van der Waals surface area contributed by atoms with Gasteiger partial charge in [0.1, 0.15) is 5.82 Å². The number of likely N-dealkylation sites (tertiary alicyclic amines) is 1. The zero-order valence-corrected chi connectivity index (χ0v) is 10.1. The minimum absolute atomic E-state index is 0.0100. The molecule has 2 unspecified atom stereocenters. The molecule has 1 aliphatic heterocycles. The first-order valence-corrected chi connectivity index (χ1v) is 6.50. The molecular weight excluding hydrogens is 216 g/mol. The van der Waals surface area contributed by atoms with E-state index in [0.717, 1.165) is 37.5 Å². The largest absolute Gasteiger partial charge is 0.333 e. The quantitative estimate of drug-likeness (QED) is 0.859. The van der Waals surface area contributed by atoms with Crippen molar-refractivity contribution in [3.05, 3.63) is 11.6 Å². The Bertz CT molecular complexity index is 428. The average molecular weight is 234 g/mol. The molecule has 1 saturated heterocycles. The first-order chi connectivity index (χ1) is 8.28. The molecule has 1 saturated carbocycles. The third-order valence-electron chi connectivity index (χ3n) is 3.88. The molecule has 1 aromatic rings. The standard InChI is InChI=1S/C12H18N4O/c1-2-3-10-13-11(15-14-10)12(17)16-7-8-4-5-9(16)6-8/h8-9H,2-7H2,1H3,(H,13,14,15). The van der Waals surface area contributed by atoms with Gasteiger partial charge in [0.2, 0.25) is 5.82 Å². The van der Waals surface area contributed by atoms with Crippen LogP contribution >= 0.6 is 0 Å². The Kier molecular flexibility index (Phi) is 2.61. The number of aromatic nitrogens is 3. The van der Waals surface area contributed by atoms with Crippen molar-refractivity contribution >= 4 is 5.91 Å². The molecule has 2 atom stereocenters. The summed E-state index contributed by atoms with van der Waals surface area (Å²) >= 11 is 0. The maximum atomic E-state index is 12.2. The van der Waals surface area contributed by atoms with E-state index in [9.17, 15) is 4.79 Å². The van der Waals surface area contributed by atoms with Gasteiger partial charge >= 0.3 is 0 Å². The van der Waals surface area contributed by atoms with Crippen molar-refractivity contribution in [1.82, 2.24) is 20.1 Å². The van der Waals surface area contributed by atoms with Crippen LogP contribution in [0.2, 0.25) is 0 Å². The van der Waals surface area contributed by atoms with E-state index >= 15 is 0 Å². The first kappa shape index (κ1) is 10.7. The molecule has 1 aromatic heterocycles. The normalized spacial score (nSPS) is 26.8. The molecule has 2 aliphatic rings. The van der Waals surface area contributed by atoms with Crippen LogP contribution in [0.5, 0.6) is 0 Å². The van der Waals surface area contributed by atoms with E-state index in [0.29, 0.717) is 11.9 Å². The summed E-state index contributed by atoms with van der Waals surface area (Å²) in [6.45, 7) is 2.99. The Labute approximate surface area is 101 Å². The zero-order valence-electron chi connectivity index (χ0n) is 10.1. The smallest absolute Gasteiger partial charge is 0.293 e.